The zero-order chi connectivity index (χ0) is 55.0. The number of amides is 1. The van der Waals surface area contributed by atoms with Gasteiger partial charge in [-0.05, 0) is 64.2 Å². The molecule has 0 fully saturated rings. The molecule has 6 nitrogen and oxygen atoms in total. The predicted octanol–water partition coefficient (Wildman–Crippen LogP) is 21.9. The third kappa shape index (κ3) is 61.3. The Labute approximate surface area is 474 Å². The van der Waals surface area contributed by atoms with Crippen LogP contribution in [0.1, 0.15) is 373 Å². The Morgan fingerprint density at radius 1 is 0.368 bits per heavy atom. The molecule has 76 heavy (non-hydrogen) atoms. The van der Waals surface area contributed by atoms with Crippen molar-refractivity contribution in [1.29, 1.82) is 0 Å². The number of allylic oxidation sites excluding steroid dienone is 5. The average Bonchev–Trinajstić information content (AvgIpc) is 3.42. The van der Waals surface area contributed by atoms with Gasteiger partial charge in [0.2, 0.25) is 5.91 Å². The number of hydrogen-bond acceptors (Lipinski definition) is 5. The van der Waals surface area contributed by atoms with Gasteiger partial charge in [0, 0.05) is 12.8 Å². The number of unbranched alkanes of at least 4 members (excludes halogenated alkanes) is 49. The van der Waals surface area contributed by atoms with Gasteiger partial charge in [0.05, 0.1) is 25.4 Å². The molecule has 0 bridgehead atoms. The van der Waals surface area contributed by atoms with Gasteiger partial charge in [-0.2, -0.15) is 0 Å². The highest BCUT2D eigenvalue weighted by Crippen LogP contribution is 2.18. The van der Waals surface area contributed by atoms with Crippen molar-refractivity contribution in [1.82, 2.24) is 5.32 Å². The van der Waals surface area contributed by atoms with Crippen molar-refractivity contribution in [2.75, 3.05) is 13.2 Å². The molecule has 0 saturated heterocycles. The van der Waals surface area contributed by atoms with Crippen LogP contribution < -0.4 is 5.32 Å². The molecular weight excluding hydrogens is 935 g/mol. The third-order valence-electron chi connectivity index (χ3n) is 15.9. The molecule has 0 saturated carbocycles. The lowest BCUT2D eigenvalue weighted by Gasteiger charge is -2.20. The number of aliphatic hydroxyl groups excluding tert-OH is 2. The molecule has 448 valence electrons. The van der Waals surface area contributed by atoms with Gasteiger partial charge in [-0.3, -0.25) is 9.59 Å². The van der Waals surface area contributed by atoms with Crippen molar-refractivity contribution in [3.8, 4) is 0 Å². The van der Waals surface area contributed by atoms with Crippen LogP contribution in [0, 0.1) is 0 Å². The summed E-state index contributed by atoms with van der Waals surface area (Å²) in [7, 11) is 0. The van der Waals surface area contributed by atoms with Gasteiger partial charge in [-0.25, -0.2) is 0 Å². The van der Waals surface area contributed by atoms with Crippen LogP contribution in [0.25, 0.3) is 0 Å². The minimum atomic E-state index is -0.846. The molecule has 2 unspecified atom stereocenters. The van der Waals surface area contributed by atoms with E-state index in [2.05, 4.69) is 43.5 Å². The number of carbonyl (C=O) groups excluding carboxylic acids is 2. The van der Waals surface area contributed by atoms with Crippen LogP contribution in [0.3, 0.4) is 0 Å². The van der Waals surface area contributed by atoms with Crippen LogP contribution in [-0.4, -0.2) is 47.4 Å². The smallest absolute Gasteiger partial charge is 0.305 e. The molecule has 6 heteroatoms. The molecule has 0 aliphatic carbocycles. The van der Waals surface area contributed by atoms with E-state index in [1.54, 1.807) is 6.08 Å². The summed E-state index contributed by atoms with van der Waals surface area (Å²) in [4.78, 5) is 24.6. The van der Waals surface area contributed by atoms with Gasteiger partial charge in [0.1, 0.15) is 0 Å². The van der Waals surface area contributed by atoms with Gasteiger partial charge in [-0.15, -0.1) is 0 Å². The van der Waals surface area contributed by atoms with Crippen LogP contribution in [0.2, 0.25) is 0 Å². The lowest BCUT2D eigenvalue weighted by atomic mass is 10.0. The summed E-state index contributed by atoms with van der Waals surface area (Å²) in [5.74, 6) is -0.0578. The molecule has 0 rings (SSSR count). The molecule has 0 radical (unpaired) electrons. The monoisotopic (exact) mass is 1070 g/mol. The van der Waals surface area contributed by atoms with E-state index in [1.807, 2.05) is 6.08 Å². The fourth-order valence-electron chi connectivity index (χ4n) is 10.7. The zero-order valence-corrected chi connectivity index (χ0v) is 51.3. The normalized spacial score (nSPS) is 12.7. The van der Waals surface area contributed by atoms with E-state index in [0.717, 1.165) is 51.4 Å². The highest BCUT2D eigenvalue weighted by molar-refractivity contribution is 5.76. The Morgan fingerprint density at radius 3 is 1.03 bits per heavy atom. The highest BCUT2D eigenvalue weighted by atomic mass is 16.5. The maximum Gasteiger partial charge on any atom is 0.305 e. The Hall–Kier alpha value is -1.92. The second kappa shape index (κ2) is 65.6. The van der Waals surface area contributed by atoms with Crippen molar-refractivity contribution in [2.24, 2.45) is 0 Å². The summed E-state index contributed by atoms with van der Waals surface area (Å²) < 4.78 is 5.50. The van der Waals surface area contributed by atoms with E-state index in [0.29, 0.717) is 19.4 Å². The second-order valence-electron chi connectivity index (χ2n) is 23.5. The number of rotatable bonds is 64. The number of ether oxygens (including phenoxy) is 1. The molecule has 0 aliphatic rings. The van der Waals surface area contributed by atoms with Crippen LogP contribution in [0.5, 0.6) is 0 Å². The SMILES string of the molecule is CCCCC/C=C\C/C=C\CCCCCCCCCCCC(=O)OCCCCCCCCCCCCCCCCCCCCCCCC(=O)NC(CO)C(O)/C=C/CCCCCCCCCCCCCCCCCCC. The zero-order valence-electron chi connectivity index (χ0n) is 51.3. The van der Waals surface area contributed by atoms with Crippen LogP contribution in [0.15, 0.2) is 36.5 Å². The molecule has 2 atom stereocenters. The number of aliphatic hydroxyl groups is 2. The first-order valence-corrected chi connectivity index (χ1v) is 34.3. The maximum atomic E-state index is 12.5. The van der Waals surface area contributed by atoms with Gasteiger partial charge in [0.25, 0.3) is 0 Å². The third-order valence-corrected chi connectivity index (χ3v) is 15.9. The summed E-state index contributed by atoms with van der Waals surface area (Å²) in [6.07, 6.45) is 83.4. The molecular formula is C70H133NO5. The molecule has 0 aromatic rings. The van der Waals surface area contributed by atoms with E-state index >= 15 is 0 Å². The predicted molar refractivity (Wildman–Crippen MR) is 333 cm³/mol. The van der Waals surface area contributed by atoms with Gasteiger partial charge in [0.15, 0.2) is 0 Å². The molecule has 0 heterocycles. The highest BCUT2D eigenvalue weighted by Gasteiger charge is 2.18. The molecule has 0 aliphatic heterocycles. The van der Waals surface area contributed by atoms with E-state index in [9.17, 15) is 19.8 Å². The first-order chi connectivity index (χ1) is 37.5. The maximum absolute atomic E-state index is 12.5. The van der Waals surface area contributed by atoms with E-state index < -0.39 is 12.1 Å². The Kier molecular flexibility index (Phi) is 63.9. The van der Waals surface area contributed by atoms with Crippen LogP contribution in [0.4, 0.5) is 0 Å². The standard InChI is InChI=1S/C70H133NO5/c1-3-5-7-9-11-13-15-17-19-21-26-30-34-38-42-46-50-54-58-62-68(73)67(66-72)71-69(74)63-59-55-51-47-43-39-35-31-28-24-23-25-29-33-37-41-45-49-53-57-61-65-76-70(75)64-60-56-52-48-44-40-36-32-27-22-20-18-16-14-12-10-8-6-4-2/h12,14,18,20,58,62,67-68,72-73H,3-11,13,15-17,19,21-57,59-61,63-66H2,1-2H3,(H,71,74)/b14-12-,20-18-,62-58+. The lowest BCUT2D eigenvalue weighted by Crippen LogP contribution is -2.45. The first-order valence-electron chi connectivity index (χ1n) is 34.3. The lowest BCUT2D eigenvalue weighted by molar-refractivity contribution is -0.143. The summed E-state index contributed by atoms with van der Waals surface area (Å²) in [5.41, 5.74) is 0. The van der Waals surface area contributed by atoms with Crippen molar-refractivity contribution >= 4 is 11.9 Å². The minimum absolute atomic E-state index is 0.00815. The molecule has 0 aromatic carbocycles. The Balaban J connectivity index is 3.40. The summed E-state index contributed by atoms with van der Waals surface area (Å²) in [6.45, 7) is 4.91. The van der Waals surface area contributed by atoms with Crippen LogP contribution in [-0.2, 0) is 14.3 Å². The van der Waals surface area contributed by atoms with Crippen molar-refractivity contribution < 1.29 is 24.5 Å². The second-order valence-corrected chi connectivity index (χ2v) is 23.5. The average molecular weight is 1070 g/mol. The number of nitrogens with one attached hydrogen (secondary N) is 1. The largest absolute Gasteiger partial charge is 0.466 e. The van der Waals surface area contributed by atoms with Gasteiger partial charge in [-0.1, -0.05) is 333 Å². The quantitative estimate of drug-likeness (QED) is 0.0320. The summed E-state index contributed by atoms with van der Waals surface area (Å²) >= 11 is 0. The Morgan fingerprint density at radius 2 is 0.658 bits per heavy atom. The Bertz CT molecular complexity index is 1230. The number of carbonyl (C=O) groups is 2. The molecule has 0 aromatic heterocycles. The fraction of sp³-hybridized carbons (Fsp3) is 0.886. The topological polar surface area (TPSA) is 95.9 Å². The number of esters is 1. The molecule has 1 amide bonds. The van der Waals surface area contributed by atoms with E-state index in [-0.39, 0.29) is 18.5 Å². The summed E-state index contributed by atoms with van der Waals surface area (Å²) in [6, 6.07) is -0.630. The molecule has 3 N–H and O–H groups in total. The van der Waals surface area contributed by atoms with Crippen molar-refractivity contribution in [3.05, 3.63) is 36.5 Å². The minimum Gasteiger partial charge on any atom is -0.466 e. The fourth-order valence-corrected chi connectivity index (χ4v) is 10.7. The first kappa shape index (κ1) is 74.1. The number of hydrogen-bond donors (Lipinski definition) is 3. The summed E-state index contributed by atoms with van der Waals surface area (Å²) in [5, 5.41) is 23.2. The van der Waals surface area contributed by atoms with Crippen LogP contribution >= 0.6 is 0 Å². The molecule has 0 spiro atoms. The van der Waals surface area contributed by atoms with E-state index in [4.69, 9.17) is 4.74 Å². The van der Waals surface area contributed by atoms with E-state index in [1.165, 1.54) is 295 Å². The van der Waals surface area contributed by atoms with Gasteiger partial charge < -0.3 is 20.3 Å². The van der Waals surface area contributed by atoms with Crippen molar-refractivity contribution in [2.45, 2.75) is 386 Å². The van der Waals surface area contributed by atoms with Crippen molar-refractivity contribution in [3.63, 3.8) is 0 Å². The van der Waals surface area contributed by atoms with Gasteiger partial charge >= 0.3 is 5.97 Å².